The molecule has 0 aromatic rings. The van der Waals surface area contributed by atoms with Crippen LogP contribution in [0, 0.1) is 16.7 Å². The van der Waals surface area contributed by atoms with Crippen molar-refractivity contribution in [2.45, 2.75) is 52.0 Å². The van der Waals surface area contributed by atoms with E-state index in [2.05, 4.69) is 18.7 Å². The van der Waals surface area contributed by atoms with Gasteiger partial charge in [0.2, 0.25) is 0 Å². The van der Waals surface area contributed by atoms with E-state index in [0.29, 0.717) is 11.3 Å². The summed E-state index contributed by atoms with van der Waals surface area (Å²) >= 11 is 0. The van der Waals surface area contributed by atoms with Crippen LogP contribution >= 0.6 is 0 Å². The van der Waals surface area contributed by atoms with Gasteiger partial charge in [0.05, 0.1) is 5.84 Å². The van der Waals surface area contributed by atoms with Gasteiger partial charge in [-0.05, 0) is 37.0 Å². The molecular weight excluding hydrogens is 198 g/mol. The Kier molecular flexibility index (Phi) is 3.24. The third-order valence-corrected chi connectivity index (χ3v) is 3.72. The third kappa shape index (κ3) is 3.21. The molecular formula is C13H25N3. The summed E-state index contributed by atoms with van der Waals surface area (Å²) in [5.41, 5.74) is 5.93. The summed E-state index contributed by atoms with van der Waals surface area (Å²) in [6.45, 7) is 6.97. The number of amidine groups is 1. The van der Waals surface area contributed by atoms with Crippen LogP contribution in [0.5, 0.6) is 0 Å². The number of hydrogen-bond donors (Lipinski definition) is 2. The molecule has 0 spiro atoms. The number of nitrogens with zero attached hydrogens (tertiary/aromatic N) is 1. The van der Waals surface area contributed by atoms with Gasteiger partial charge in [-0.25, -0.2) is 0 Å². The van der Waals surface area contributed by atoms with E-state index in [1.54, 1.807) is 0 Å². The number of nitrogens with one attached hydrogen (secondary N) is 1. The number of hydrogen-bond acceptors (Lipinski definition) is 2. The van der Waals surface area contributed by atoms with Crippen molar-refractivity contribution >= 4 is 5.84 Å². The van der Waals surface area contributed by atoms with Gasteiger partial charge in [0.15, 0.2) is 0 Å². The highest BCUT2D eigenvalue weighted by molar-refractivity contribution is 5.78. The summed E-state index contributed by atoms with van der Waals surface area (Å²) in [6.07, 6.45) is 6.11. The lowest BCUT2D eigenvalue weighted by Crippen LogP contribution is -2.36. The number of nitrogens with two attached hydrogens (primary N) is 1. The van der Waals surface area contributed by atoms with Crippen LogP contribution < -0.4 is 5.73 Å². The first-order valence-corrected chi connectivity index (χ1v) is 6.58. The summed E-state index contributed by atoms with van der Waals surface area (Å²) < 4.78 is 0. The van der Waals surface area contributed by atoms with Gasteiger partial charge in [-0.2, -0.15) is 0 Å². The first kappa shape index (κ1) is 11.9. The largest absolute Gasteiger partial charge is 0.388 e. The Labute approximate surface area is 98.9 Å². The lowest BCUT2D eigenvalue weighted by Gasteiger charge is -2.28. The SMILES string of the molecule is CC(C)CN(CC1(CC(=N)N)CC1)C1CC1. The molecule has 0 aromatic heterocycles. The topological polar surface area (TPSA) is 53.1 Å². The Bertz CT molecular complexity index is 264. The molecule has 0 amide bonds. The third-order valence-electron chi connectivity index (χ3n) is 3.72. The van der Waals surface area contributed by atoms with Crippen molar-refractivity contribution in [2.75, 3.05) is 13.1 Å². The maximum Gasteiger partial charge on any atom is 0.0911 e. The van der Waals surface area contributed by atoms with Crippen molar-refractivity contribution in [1.29, 1.82) is 5.41 Å². The van der Waals surface area contributed by atoms with Crippen LogP contribution in [0.15, 0.2) is 0 Å². The van der Waals surface area contributed by atoms with Crippen LogP contribution in [0.2, 0.25) is 0 Å². The van der Waals surface area contributed by atoms with Gasteiger partial charge < -0.3 is 5.73 Å². The molecule has 0 heterocycles. The lowest BCUT2D eigenvalue weighted by atomic mass is 10.0. The van der Waals surface area contributed by atoms with Crippen LogP contribution in [-0.2, 0) is 0 Å². The molecule has 92 valence electrons. The zero-order valence-corrected chi connectivity index (χ0v) is 10.6. The first-order valence-electron chi connectivity index (χ1n) is 6.58. The molecule has 0 aliphatic heterocycles. The molecule has 0 bridgehead atoms. The minimum Gasteiger partial charge on any atom is -0.388 e. The van der Waals surface area contributed by atoms with Gasteiger partial charge in [0.25, 0.3) is 0 Å². The Morgan fingerprint density at radius 3 is 2.44 bits per heavy atom. The molecule has 2 aliphatic carbocycles. The smallest absolute Gasteiger partial charge is 0.0911 e. The monoisotopic (exact) mass is 223 g/mol. The minimum absolute atomic E-state index is 0.373. The van der Waals surface area contributed by atoms with E-state index < -0.39 is 0 Å². The van der Waals surface area contributed by atoms with Crippen LogP contribution in [0.1, 0.15) is 46.0 Å². The average molecular weight is 223 g/mol. The average Bonchev–Trinajstić information content (AvgIpc) is 2.93. The predicted octanol–water partition coefficient (Wildman–Crippen LogP) is 2.21. The van der Waals surface area contributed by atoms with Gasteiger partial charge in [0, 0.05) is 25.6 Å². The summed E-state index contributed by atoms with van der Waals surface area (Å²) in [7, 11) is 0. The van der Waals surface area contributed by atoms with E-state index in [1.165, 1.54) is 38.8 Å². The van der Waals surface area contributed by atoms with Crippen molar-refractivity contribution < 1.29 is 0 Å². The van der Waals surface area contributed by atoms with Gasteiger partial charge >= 0.3 is 0 Å². The summed E-state index contributed by atoms with van der Waals surface area (Å²) in [5, 5.41) is 7.46. The molecule has 0 radical (unpaired) electrons. The molecule has 0 atom stereocenters. The fourth-order valence-electron chi connectivity index (χ4n) is 2.65. The predicted molar refractivity (Wildman–Crippen MR) is 67.6 cm³/mol. The molecule has 2 rings (SSSR count). The molecule has 2 saturated carbocycles. The fraction of sp³-hybridized carbons (Fsp3) is 0.923. The van der Waals surface area contributed by atoms with E-state index in [4.69, 9.17) is 11.1 Å². The van der Waals surface area contributed by atoms with E-state index in [9.17, 15) is 0 Å². The Hall–Kier alpha value is -0.570. The van der Waals surface area contributed by atoms with E-state index in [1.807, 2.05) is 0 Å². The van der Waals surface area contributed by atoms with Crippen molar-refractivity contribution in [3.8, 4) is 0 Å². The molecule has 3 nitrogen and oxygen atoms in total. The van der Waals surface area contributed by atoms with Crippen molar-refractivity contribution in [3.05, 3.63) is 0 Å². The van der Waals surface area contributed by atoms with Crippen molar-refractivity contribution in [3.63, 3.8) is 0 Å². The summed E-state index contributed by atoms with van der Waals surface area (Å²) in [4.78, 5) is 2.65. The molecule has 0 saturated heterocycles. The highest BCUT2D eigenvalue weighted by Gasteiger charge is 2.46. The zero-order chi connectivity index (χ0) is 11.8. The second-order valence-corrected chi connectivity index (χ2v) is 6.26. The zero-order valence-electron chi connectivity index (χ0n) is 10.6. The Balaban J connectivity index is 1.87. The highest BCUT2D eigenvalue weighted by Crippen LogP contribution is 2.50. The van der Waals surface area contributed by atoms with E-state index in [0.717, 1.165) is 18.4 Å². The molecule has 3 heteroatoms. The minimum atomic E-state index is 0.373. The van der Waals surface area contributed by atoms with E-state index in [-0.39, 0.29) is 0 Å². The van der Waals surface area contributed by atoms with Gasteiger partial charge in [-0.3, -0.25) is 10.3 Å². The molecule has 2 fully saturated rings. The second kappa shape index (κ2) is 4.36. The molecule has 0 aromatic carbocycles. The second-order valence-electron chi connectivity index (χ2n) is 6.26. The van der Waals surface area contributed by atoms with Gasteiger partial charge in [-0.1, -0.05) is 13.8 Å². The van der Waals surface area contributed by atoms with Crippen LogP contribution in [-0.4, -0.2) is 29.9 Å². The quantitative estimate of drug-likeness (QED) is 0.513. The number of rotatable bonds is 7. The van der Waals surface area contributed by atoms with Crippen LogP contribution in [0.25, 0.3) is 0 Å². The normalized spacial score (nSPS) is 22.8. The Morgan fingerprint density at radius 1 is 1.44 bits per heavy atom. The van der Waals surface area contributed by atoms with Crippen LogP contribution in [0.3, 0.4) is 0 Å². The molecule has 0 unspecified atom stereocenters. The summed E-state index contributed by atoms with van der Waals surface area (Å²) in [6, 6.07) is 0.840. The molecule has 3 N–H and O–H groups in total. The van der Waals surface area contributed by atoms with Crippen molar-refractivity contribution in [2.24, 2.45) is 17.1 Å². The summed E-state index contributed by atoms with van der Waals surface area (Å²) in [5.74, 6) is 1.12. The maximum absolute atomic E-state index is 7.46. The van der Waals surface area contributed by atoms with E-state index >= 15 is 0 Å². The van der Waals surface area contributed by atoms with Crippen molar-refractivity contribution in [1.82, 2.24) is 4.90 Å². The maximum atomic E-state index is 7.46. The fourth-order valence-corrected chi connectivity index (χ4v) is 2.65. The lowest BCUT2D eigenvalue weighted by molar-refractivity contribution is 0.191. The molecule has 16 heavy (non-hydrogen) atoms. The van der Waals surface area contributed by atoms with Crippen LogP contribution in [0.4, 0.5) is 0 Å². The first-order chi connectivity index (χ1) is 7.51. The highest BCUT2D eigenvalue weighted by atomic mass is 15.2. The standard InChI is InChI=1S/C13H25N3/c1-10(2)8-16(11-3-4-11)9-13(5-6-13)7-12(14)15/h10-11H,3-9H2,1-2H3,(H3,14,15). The molecule has 2 aliphatic rings. The van der Waals surface area contributed by atoms with Gasteiger partial charge in [-0.15, -0.1) is 0 Å². The Morgan fingerprint density at radius 2 is 2.06 bits per heavy atom. The van der Waals surface area contributed by atoms with Gasteiger partial charge in [0.1, 0.15) is 0 Å².